The summed E-state index contributed by atoms with van der Waals surface area (Å²) in [7, 11) is 0. The van der Waals surface area contributed by atoms with E-state index in [0.717, 1.165) is 10.0 Å². The topological polar surface area (TPSA) is 57.6 Å². The molecule has 0 radical (unpaired) electrons. The second-order valence-electron chi connectivity index (χ2n) is 4.09. The Kier molecular flexibility index (Phi) is 3.97. The highest BCUT2D eigenvalue weighted by molar-refractivity contribution is 9.10. The number of benzene rings is 1. The fourth-order valence-electron chi connectivity index (χ4n) is 1.79. The lowest BCUT2D eigenvalue weighted by atomic mass is 10.1. The summed E-state index contributed by atoms with van der Waals surface area (Å²) in [6.07, 6.45) is 0. The number of aryl methyl sites for hydroxylation is 1. The molecule has 1 heterocycles. The number of carbonyl (C=O) groups is 2. The average Bonchev–Trinajstić information content (AvgIpc) is 2.81. The first-order valence-electron chi connectivity index (χ1n) is 5.38. The summed E-state index contributed by atoms with van der Waals surface area (Å²) in [6, 6.07) is 4.57. The standard InChI is InChI=1S/C12H12BrNO3S/c1-7-4-8(2-3-9(7)13)11(15)14-6-18-5-10(14)12(16)17/h2-4,10H,5-6H2,1H3,(H,16,17)/t10-/m0/s1. The van der Waals surface area contributed by atoms with Crippen molar-refractivity contribution in [2.45, 2.75) is 13.0 Å². The van der Waals surface area contributed by atoms with Gasteiger partial charge in [-0.3, -0.25) is 4.79 Å². The van der Waals surface area contributed by atoms with Gasteiger partial charge in [-0.05, 0) is 30.7 Å². The molecule has 0 aromatic heterocycles. The fraction of sp³-hybridized carbons (Fsp3) is 0.333. The van der Waals surface area contributed by atoms with Gasteiger partial charge in [0.25, 0.3) is 5.91 Å². The molecule has 1 aromatic carbocycles. The van der Waals surface area contributed by atoms with Gasteiger partial charge in [-0.1, -0.05) is 15.9 Å². The molecule has 1 saturated heterocycles. The molecule has 2 rings (SSSR count). The van der Waals surface area contributed by atoms with Crippen molar-refractivity contribution < 1.29 is 14.7 Å². The van der Waals surface area contributed by atoms with Crippen LogP contribution in [-0.2, 0) is 4.79 Å². The number of hydrogen-bond acceptors (Lipinski definition) is 3. The van der Waals surface area contributed by atoms with Crippen molar-refractivity contribution in [3.05, 3.63) is 33.8 Å². The lowest BCUT2D eigenvalue weighted by molar-refractivity contribution is -0.140. The van der Waals surface area contributed by atoms with Crippen molar-refractivity contribution in [2.24, 2.45) is 0 Å². The van der Waals surface area contributed by atoms with Gasteiger partial charge < -0.3 is 10.0 Å². The third-order valence-electron chi connectivity index (χ3n) is 2.83. The number of carboxylic acids is 1. The van der Waals surface area contributed by atoms with E-state index >= 15 is 0 Å². The third kappa shape index (κ3) is 2.54. The highest BCUT2D eigenvalue weighted by Crippen LogP contribution is 2.25. The monoisotopic (exact) mass is 329 g/mol. The van der Waals surface area contributed by atoms with Gasteiger partial charge in [-0.25, -0.2) is 4.79 Å². The Labute approximate surface area is 117 Å². The predicted molar refractivity (Wildman–Crippen MR) is 73.8 cm³/mol. The Morgan fingerprint density at radius 1 is 1.50 bits per heavy atom. The minimum atomic E-state index is -0.942. The normalized spacial score (nSPS) is 19.0. The molecule has 1 aliphatic heterocycles. The van der Waals surface area contributed by atoms with Crippen molar-refractivity contribution in [3.63, 3.8) is 0 Å². The Morgan fingerprint density at radius 3 is 2.83 bits per heavy atom. The summed E-state index contributed by atoms with van der Waals surface area (Å²) in [5, 5.41) is 9.06. The lowest BCUT2D eigenvalue weighted by Crippen LogP contribution is -2.41. The fourth-order valence-corrected chi connectivity index (χ4v) is 3.18. The Balaban J connectivity index is 2.25. The van der Waals surface area contributed by atoms with Gasteiger partial charge >= 0.3 is 5.97 Å². The molecule has 6 heteroatoms. The minimum Gasteiger partial charge on any atom is -0.480 e. The van der Waals surface area contributed by atoms with Gasteiger partial charge in [-0.2, -0.15) is 0 Å². The second kappa shape index (κ2) is 5.32. The highest BCUT2D eigenvalue weighted by Gasteiger charge is 2.34. The van der Waals surface area contributed by atoms with Crippen LogP contribution in [0.3, 0.4) is 0 Å². The maximum absolute atomic E-state index is 12.3. The minimum absolute atomic E-state index is 0.219. The SMILES string of the molecule is Cc1cc(C(=O)N2CSC[C@H]2C(=O)O)ccc1Br. The molecular formula is C12H12BrNO3S. The van der Waals surface area contributed by atoms with Crippen molar-refractivity contribution in [3.8, 4) is 0 Å². The zero-order chi connectivity index (χ0) is 13.3. The van der Waals surface area contributed by atoms with Crippen molar-refractivity contribution >= 4 is 39.6 Å². The molecule has 0 spiro atoms. The van der Waals surface area contributed by atoms with Crippen LogP contribution < -0.4 is 0 Å². The van der Waals surface area contributed by atoms with Crippen LogP contribution in [0, 0.1) is 6.92 Å². The van der Waals surface area contributed by atoms with Crippen LogP contribution in [0.5, 0.6) is 0 Å². The summed E-state index contributed by atoms with van der Waals surface area (Å²) in [5.41, 5.74) is 1.49. The van der Waals surface area contributed by atoms with Crippen LogP contribution in [-0.4, -0.2) is 39.6 Å². The van der Waals surface area contributed by atoms with Crippen LogP contribution in [0.25, 0.3) is 0 Å². The lowest BCUT2D eigenvalue weighted by Gasteiger charge is -2.20. The first-order chi connectivity index (χ1) is 8.50. The summed E-state index contributed by atoms with van der Waals surface area (Å²) in [6.45, 7) is 1.90. The van der Waals surface area contributed by atoms with Crippen molar-refractivity contribution in [1.29, 1.82) is 0 Å². The number of rotatable bonds is 2. The predicted octanol–water partition coefficient (Wildman–Crippen LogP) is 2.36. The molecule has 4 nitrogen and oxygen atoms in total. The highest BCUT2D eigenvalue weighted by atomic mass is 79.9. The van der Waals surface area contributed by atoms with Crippen LogP contribution in [0.4, 0.5) is 0 Å². The van der Waals surface area contributed by atoms with E-state index in [4.69, 9.17) is 5.11 Å². The van der Waals surface area contributed by atoms with Crippen LogP contribution in [0.2, 0.25) is 0 Å². The molecule has 1 atom stereocenters. The van der Waals surface area contributed by atoms with E-state index in [1.54, 1.807) is 12.1 Å². The molecule has 1 amide bonds. The Hall–Kier alpha value is -1.01. The number of hydrogen-bond donors (Lipinski definition) is 1. The molecule has 1 fully saturated rings. The first-order valence-corrected chi connectivity index (χ1v) is 7.33. The maximum Gasteiger partial charge on any atom is 0.327 e. The quantitative estimate of drug-likeness (QED) is 0.904. The zero-order valence-electron chi connectivity index (χ0n) is 9.72. The number of amides is 1. The Morgan fingerprint density at radius 2 is 2.22 bits per heavy atom. The summed E-state index contributed by atoms with van der Waals surface area (Å²) in [4.78, 5) is 24.7. The molecule has 0 bridgehead atoms. The van der Waals surface area contributed by atoms with E-state index in [1.807, 2.05) is 13.0 Å². The number of carboxylic acid groups (broad SMARTS) is 1. The number of carbonyl (C=O) groups excluding carboxylic acids is 1. The van der Waals surface area contributed by atoms with E-state index in [9.17, 15) is 9.59 Å². The number of aliphatic carboxylic acids is 1. The largest absolute Gasteiger partial charge is 0.480 e. The van der Waals surface area contributed by atoms with E-state index in [1.165, 1.54) is 16.7 Å². The van der Waals surface area contributed by atoms with Crippen molar-refractivity contribution in [2.75, 3.05) is 11.6 Å². The molecule has 0 aliphatic carbocycles. The molecule has 1 N–H and O–H groups in total. The van der Waals surface area contributed by atoms with E-state index in [2.05, 4.69) is 15.9 Å². The van der Waals surface area contributed by atoms with Crippen molar-refractivity contribution in [1.82, 2.24) is 4.90 Å². The number of nitrogens with zero attached hydrogens (tertiary/aromatic N) is 1. The Bertz CT molecular complexity index is 506. The molecule has 18 heavy (non-hydrogen) atoms. The molecular weight excluding hydrogens is 318 g/mol. The summed E-state index contributed by atoms with van der Waals surface area (Å²) in [5.74, 6) is -0.271. The van der Waals surface area contributed by atoms with Gasteiger partial charge in [-0.15, -0.1) is 11.8 Å². The van der Waals surface area contributed by atoms with Gasteiger partial charge in [0.2, 0.25) is 0 Å². The summed E-state index contributed by atoms with van der Waals surface area (Å²) < 4.78 is 0.935. The maximum atomic E-state index is 12.3. The van der Waals surface area contributed by atoms with Gasteiger partial charge in [0.05, 0.1) is 5.88 Å². The van der Waals surface area contributed by atoms with E-state index < -0.39 is 12.0 Å². The van der Waals surface area contributed by atoms with Crippen LogP contribution >= 0.6 is 27.7 Å². The van der Waals surface area contributed by atoms with Crippen LogP contribution in [0.1, 0.15) is 15.9 Å². The molecule has 1 aromatic rings. The number of halogens is 1. The van der Waals surface area contributed by atoms with E-state index in [-0.39, 0.29) is 5.91 Å². The average molecular weight is 330 g/mol. The van der Waals surface area contributed by atoms with Gasteiger partial charge in [0.1, 0.15) is 6.04 Å². The van der Waals surface area contributed by atoms with Crippen LogP contribution in [0.15, 0.2) is 22.7 Å². The molecule has 0 saturated carbocycles. The number of thioether (sulfide) groups is 1. The molecule has 96 valence electrons. The summed E-state index contributed by atoms with van der Waals surface area (Å²) >= 11 is 4.84. The second-order valence-corrected chi connectivity index (χ2v) is 5.95. The molecule has 0 unspecified atom stereocenters. The third-order valence-corrected chi connectivity index (χ3v) is 4.74. The van der Waals surface area contributed by atoms with E-state index in [0.29, 0.717) is 17.2 Å². The first kappa shape index (κ1) is 13.4. The zero-order valence-corrected chi connectivity index (χ0v) is 12.1. The van der Waals surface area contributed by atoms with Gasteiger partial charge in [0.15, 0.2) is 0 Å². The van der Waals surface area contributed by atoms with Gasteiger partial charge in [0, 0.05) is 15.8 Å². The smallest absolute Gasteiger partial charge is 0.327 e. The molecule has 1 aliphatic rings.